The van der Waals surface area contributed by atoms with E-state index in [0.29, 0.717) is 43.6 Å². The van der Waals surface area contributed by atoms with Gasteiger partial charge in [0.1, 0.15) is 18.0 Å². The summed E-state index contributed by atoms with van der Waals surface area (Å²) >= 11 is 0. The second-order valence-corrected chi connectivity index (χ2v) is 7.27. The first kappa shape index (κ1) is 24.1. The van der Waals surface area contributed by atoms with Gasteiger partial charge in [-0.25, -0.2) is 4.79 Å². The summed E-state index contributed by atoms with van der Waals surface area (Å²) in [5.41, 5.74) is 0.196. The molecular weight excluding hydrogens is 374 g/mol. The normalized spacial score (nSPS) is 11.4. The highest BCUT2D eigenvalue weighted by molar-refractivity contribution is 5.88. The van der Waals surface area contributed by atoms with Gasteiger partial charge >= 0.3 is 6.09 Å². The summed E-state index contributed by atoms with van der Waals surface area (Å²) in [5, 5.41) is 11.7. The summed E-state index contributed by atoms with van der Waals surface area (Å²) in [7, 11) is 1.69. The Labute approximate surface area is 172 Å². The monoisotopic (exact) mass is 407 g/mol. The van der Waals surface area contributed by atoms with Crippen molar-refractivity contribution in [1.82, 2.24) is 16.0 Å². The Morgan fingerprint density at radius 2 is 1.76 bits per heavy atom. The number of amides is 2. The summed E-state index contributed by atoms with van der Waals surface area (Å²) in [6, 6.07) is 7.22. The van der Waals surface area contributed by atoms with Crippen LogP contribution in [0.3, 0.4) is 0 Å². The molecule has 0 heterocycles. The highest BCUT2D eigenvalue weighted by Crippen LogP contribution is 2.17. The Balaban J connectivity index is 2.19. The predicted octanol–water partition coefficient (Wildman–Crippen LogP) is 2.10. The first-order chi connectivity index (χ1) is 13.7. The third kappa shape index (κ3) is 12.2. The van der Waals surface area contributed by atoms with Crippen LogP contribution >= 0.6 is 0 Å². The minimum absolute atomic E-state index is 0.125. The number of alkyl carbamates (subject to hydrolysis) is 1. The molecule has 0 atom stereocenters. The zero-order chi connectivity index (χ0) is 21.7. The Kier molecular flexibility index (Phi) is 10.4. The van der Waals surface area contributed by atoms with E-state index in [1.54, 1.807) is 19.2 Å². The highest BCUT2D eigenvalue weighted by Gasteiger charge is 2.15. The molecule has 1 rings (SSSR count). The van der Waals surface area contributed by atoms with Crippen LogP contribution in [-0.2, 0) is 9.53 Å². The molecule has 0 fully saturated rings. The predicted molar refractivity (Wildman–Crippen MR) is 114 cm³/mol. The number of ether oxygens (including phenoxy) is 2. The molecule has 0 saturated carbocycles. The standard InChI is InChI=1S/C20H33N5O4/c1-15(26)25-16-8-6-9-17(14-16)28-13-12-23-18(21-5)22-10-7-11-24-19(27)29-20(2,3)4/h6,8-9,14H,7,10-13H2,1-5H3,(H,24,27)(H,25,26)(H2,21,22,23). The zero-order valence-electron chi connectivity index (χ0n) is 17.9. The maximum atomic E-state index is 11.6. The van der Waals surface area contributed by atoms with Gasteiger partial charge in [0.25, 0.3) is 0 Å². The van der Waals surface area contributed by atoms with E-state index in [9.17, 15) is 9.59 Å². The van der Waals surface area contributed by atoms with Crippen LogP contribution in [0.15, 0.2) is 29.3 Å². The molecule has 1 aromatic carbocycles. The first-order valence-electron chi connectivity index (χ1n) is 9.61. The molecule has 0 bridgehead atoms. The van der Waals surface area contributed by atoms with Gasteiger partial charge in [-0.2, -0.15) is 0 Å². The Morgan fingerprint density at radius 1 is 1.07 bits per heavy atom. The molecule has 29 heavy (non-hydrogen) atoms. The number of nitrogens with zero attached hydrogens (tertiary/aromatic N) is 1. The number of carbonyl (C=O) groups is 2. The molecule has 162 valence electrons. The fraction of sp³-hybridized carbons (Fsp3) is 0.550. The van der Waals surface area contributed by atoms with E-state index in [0.717, 1.165) is 6.42 Å². The fourth-order valence-electron chi connectivity index (χ4n) is 2.23. The van der Waals surface area contributed by atoms with Gasteiger partial charge in [0.05, 0.1) is 6.54 Å². The van der Waals surface area contributed by atoms with Crippen molar-refractivity contribution in [3.63, 3.8) is 0 Å². The van der Waals surface area contributed by atoms with Gasteiger partial charge in [-0.1, -0.05) is 6.07 Å². The second kappa shape index (κ2) is 12.5. The summed E-state index contributed by atoms with van der Waals surface area (Å²) < 4.78 is 10.8. The average molecular weight is 408 g/mol. The van der Waals surface area contributed by atoms with E-state index < -0.39 is 11.7 Å². The number of hydrogen-bond acceptors (Lipinski definition) is 5. The number of aliphatic imine (C=N–C) groups is 1. The van der Waals surface area contributed by atoms with Crippen LogP contribution in [0, 0.1) is 0 Å². The van der Waals surface area contributed by atoms with Crippen LogP contribution in [0.25, 0.3) is 0 Å². The SMILES string of the molecule is CN=C(NCCCNC(=O)OC(C)(C)C)NCCOc1cccc(NC(C)=O)c1. The molecule has 0 aliphatic heterocycles. The molecule has 0 aliphatic rings. The van der Waals surface area contributed by atoms with Crippen molar-refractivity contribution < 1.29 is 19.1 Å². The number of carbonyl (C=O) groups excluding carboxylic acids is 2. The van der Waals surface area contributed by atoms with Crippen molar-refractivity contribution in [2.75, 3.05) is 38.6 Å². The minimum Gasteiger partial charge on any atom is -0.492 e. The molecule has 9 heteroatoms. The molecule has 2 amide bonds. The lowest BCUT2D eigenvalue weighted by atomic mass is 10.2. The summed E-state index contributed by atoms with van der Waals surface area (Å²) in [4.78, 5) is 26.8. The number of nitrogens with one attached hydrogen (secondary N) is 4. The van der Waals surface area contributed by atoms with Gasteiger partial charge in [-0.3, -0.25) is 9.79 Å². The highest BCUT2D eigenvalue weighted by atomic mass is 16.6. The van der Waals surface area contributed by atoms with E-state index >= 15 is 0 Å². The van der Waals surface area contributed by atoms with Crippen LogP contribution in [-0.4, -0.2) is 56.8 Å². The van der Waals surface area contributed by atoms with Crippen LogP contribution in [0.5, 0.6) is 5.75 Å². The Hall–Kier alpha value is -2.97. The zero-order valence-corrected chi connectivity index (χ0v) is 17.9. The smallest absolute Gasteiger partial charge is 0.407 e. The first-order valence-corrected chi connectivity index (χ1v) is 9.61. The largest absolute Gasteiger partial charge is 0.492 e. The summed E-state index contributed by atoms with van der Waals surface area (Å²) in [6.07, 6.45) is 0.312. The Bertz CT molecular complexity index is 686. The average Bonchev–Trinajstić information content (AvgIpc) is 2.61. The number of anilines is 1. The van der Waals surface area contributed by atoms with Crippen LogP contribution < -0.4 is 26.0 Å². The van der Waals surface area contributed by atoms with Crippen molar-refractivity contribution in [2.45, 2.75) is 39.7 Å². The molecule has 9 nitrogen and oxygen atoms in total. The van der Waals surface area contributed by atoms with Gasteiger partial charge in [0, 0.05) is 38.8 Å². The van der Waals surface area contributed by atoms with Gasteiger partial charge in [-0.05, 0) is 39.3 Å². The van der Waals surface area contributed by atoms with E-state index in [1.807, 2.05) is 32.9 Å². The topological polar surface area (TPSA) is 113 Å². The number of guanidine groups is 1. The molecule has 0 radical (unpaired) electrons. The maximum absolute atomic E-state index is 11.6. The van der Waals surface area contributed by atoms with Crippen LogP contribution in [0.2, 0.25) is 0 Å². The van der Waals surface area contributed by atoms with Gasteiger partial charge in [0.2, 0.25) is 5.91 Å². The molecule has 0 aliphatic carbocycles. The van der Waals surface area contributed by atoms with E-state index in [2.05, 4.69) is 26.3 Å². The molecule has 0 aromatic heterocycles. The molecule has 0 saturated heterocycles. The number of benzene rings is 1. The van der Waals surface area contributed by atoms with E-state index in [4.69, 9.17) is 9.47 Å². The third-order valence-electron chi connectivity index (χ3n) is 3.36. The number of rotatable bonds is 9. The quantitative estimate of drug-likeness (QED) is 0.283. The number of hydrogen-bond donors (Lipinski definition) is 4. The Morgan fingerprint density at radius 3 is 2.41 bits per heavy atom. The molecular formula is C20H33N5O4. The third-order valence-corrected chi connectivity index (χ3v) is 3.36. The van der Waals surface area contributed by atoms with Crippen LogP contribution in [0.4, 0.5) is 10.5 Å². The van der Waals surface area contributed by atoms with Crippen molar-refractivity contribution in [2.24, 2.45) is 4.99 Å². The lowest BCUT2D eigenvalue weighted by Crippen LogP contribution is -2.40. The van der Waals surface area contributed by atoms with Gasteiger partial charge in [-0.15, -0.1) is 0 Å². The van der Waals surface area contributed by atoms with Crippen LogP contribution in [0.1, 0.15) is 34.1 Å². The van der Waals surface area contributed by atoms with Gasteiger partial charge in [0.15, 0.2) is 5.96 Å². The molecule has 4 N–H and O–H groups in total. The van der Waals surface area contributed by atoms with E-state index in [-0.39, 0.29) is 5.91 Å². The molecule has 0 spiro atoms. The summed E-state index contributed by atoms with van der Waals surface area (Å²) in [6.45, 7) is 9.09. The van der Waals surface area contributed by atoms with Crippen molar-refractivity contribution >= 4 is 23.6 Å². The van der Waals surface area contributed by atoms with Crippen molar-refractivity contribution in [1.29, 1.82) is 0 Å². The van der Waals surface area contributed by atoms with E-state index in [1.165, 1.54) is 6.92 Å². The maximum Gasteiger partial charge on any atom is 0.407 e. The second-order valence-electron chi connectivity index (χ2n) is 7.27. The fourth-order valence-corrected chi connectivity index (χ4v) is 2.23. The van der Waals surface area contributed by atoms with Crippen molar-refractivity contribution in [3.05, 3.63) is 24.3 Å². The lowest BCUT2D eigenvalue weighted by molar-refractivity contribution is -0.114. The summed E-state index contributed by atoms with van der Waals surface area (Å²) in [5.74, 6) is 1.20. The minimum atomic E-state index is -0.498. The molecule has 1 aromatic rings. The molecule has 0 unspecified atom stereocenters. The van der Waals surface area contributed by atoms with Gasteiger partial charge < -0.3 is 30.7 Å². The van der Waals surface area contributed by atoms with Crippen molar-refractivity contribution in [3.8, 4) is 5.75 Å². The lowest BCUT2D eigenvalue weighted by Gasteiger charge is -2.19.